The molecule has 2 rings (SSSR count). The van der Waals surface area contributed by atoms with Crippen molar-refractivity contribution in [2.24, 2.45) is 0 Å². The predicted octanol–water partition coefficient (Wildman–Crippen LogP) is 4.88. The van der Waals surface area contributed by atoms with E-state index in [0.29, 0.717) is 11.7 Å². The summed E-state index contributed by atoms with van der Waals surface area (Å²) in [6.07, 6.45) is 1.67. The summed E-state index contributed by atoms with van der Waals surface area (Å²) < 4.78 is 7.30. The summed E-state index contributed by atoms with van der Waals surface area (Å²) in [7, 11) is 1.65. The Labute approximate surface area is 133 Å². The number of nitrogens with one attached hydrogen (secondary N) is 1. The highest BCUT2D eigenvalue weighted by molar-refractivity contribution is 9.11. The van der Waals surface area contributed by atoms with E-state index in [2.05, 4.69) is 42.2 Å². The first kappa shape index (κ1) is 14.6. The molecule has 0 saturated heterocycles. The van der Waals surface area contributed by atoms with Crippen LogP contribution in [0.1, 0.15) is 5.56 Å². The summed E-state index contributed by atoms with van der Waals surface area (Å²) in [5, 5.41) is 3.75. The minimum Gasteiger partial charge on any atom is -0.495 e. The molecule has 0 saturated carbocycles. The van der Waals surface area contributed by atoms with Gasteiger partial charge in [0.25, 0.3) is 0 Å². The van der Waals surface area contributed by atoms with Crippen LogP contribution in [-0.2, 0) is 6.54 Å². The average molecular weight is 407 g/mol. The zero-order valence-corrected chi connectivity index (χ0v) is 14.0. The third-order valence-electron chi connectivity index (χ3n) is 2.50. The monoisotopic (exact) mass is 404 g/mol. The number of hydrogen-bond donors (Lipinski definition) is 1. The number of anilines is 1. The van der Waals surface area contributed by atoms with Crippen LogP contribution >= 0.6 is 43.5 Å². The lowest BCUT2D eigenvalue weighted by molar-refractivity contribution is 0.407. The second-order valence-electron chi connectivity index (χ2n) is 3.80. The van der Waals surface area contributed by atoms with Crippen molar-refractivity contribution in [1.82, 2.24) is 4.98 Å². The van der Waals surface area contributed by atoms with E-state index in [1.807, 2.05) is 18.2 Å². The van der Waals surface area contributed by atoms with E-state index in [9.17, 15) is 0 Å². The molecule has 1 N–H and O–H groups in total. The van der Waals surface area contributed by atoms with Gasteiger partial charge < -0.3 is 10.1 Å². The van der Waals surface area contributed by atoms with Crippen molar-refractivity contribution in [3.05, 3.63) is 50.1 Å². The van der Waals surface area contributed by atoms with E-state index in [-0.39, 0.29) is 0 Å². The van der Waals surface area contributed by atoms with Gasteiger partial charge in [0.2, 0.25) is 0 Å². The molecule has 2 aromatic rings. The number of hydrogen-bond acceptors (Lipinski definition) is 3. The molecule has 0 bridgehead atoms. The Morgan fingerprint density at radius 1 is 1.32 bits per heavy atom. The molecule has 100 valence electrons. The van der Waals surface area contributed by atoms with Gasteiger partial charge in [0, 0.05) is 28.5 Å². The second kappa shape index (κ2) is 6.59. The van der Waals surface area contributed by atoms with Gasteiger partial charge in [-0.2, -0.15) is 0 Å². The van der Waals surface area contributed by atoms with Crippen LogP contribution in [-0.4, -0.2) is 12.1 Å². The molecule has 0 amide bonds. The quantitative estimate of drug-likeness (QED) is 0.735. The second-order valence-corrected chi connectivity index (χ2v) is 5.96. The van der Waals surface area contributed by atoms with Crippen molar-refractivity contribution in [3.63, 3.8) is 0 Å². The van der Waals surface area contributed by atoms with E-state index < -0.39 is 0 Å². The highest BCUT2D eigenvalue weighted by Crippen LogP contribution is 2.33. The summed E-state index contributed by atoms with van der Waals surface area (Å²) in [4.78, 5) is 3.94. The minimum atomic E-state index is 0.465. The third-order valence-corrected chi connectivity index (χ3v) is 3.75. The van der Waals surface area contributed by atoms with E-state index in [1.54, 1.807) is 19.4 Å². The molecule has 0 fully saturated rings. The van der Waals surface area contributed by atoms with E-state index in [4.69, 9.17) is 16.3 Å². The molecule has 0 aliphatic carbocycles. The molecule has 0 aliphatic heterocycles. The molecule has 19 heavy (non-hydrogen) atoms. The largest absolute Gasteiger partial charge is 0.495 e. The topological polar surface area (TPSA) is 34.1 Å². The molecule has 1 aromatic carbocycles. The van der Waals surface area contributed by atoms with Gasteiger partial charge in [-0.1, -0.05) is 27.5 Å². The number of pyridine rings is 1. The lowest BCUT2D eigenvalue weighted by Gasteiger charge is -2.13. The van der Waals surface area contributed by atoms with Gasteiger partial charge in [0.05, 0.1) is 11.6 Å². The van der Waals surface area contributed by atoms with Crippen molar-refractivity contribution < 1.29 is 4.74 Å². The average Bonchev–Trinajstić information content (AvgIpc) is 2.36. The Morgan fingerprint density at radius 3 is 2.79 bits per heavy atom. The summed E-state index contributed by atoms with van der Waals surface area (Å²) in [5.74, 6) is 0.816. The predicted molar refractivity (Wildman–Crippen MR) is 85.0 cm³/mol. The van der Waals surface area contributed by atoms with Crippen LogP contribution < -0.4 is 10.1 Å². The fourth-order valence-electron chi connectivity index (χ4n) is 1.68. The van der Waals surface area contributed by atoms with Gasteiger partial charge in [-0.3, -0.25) is 0 Å². The van der Waals surface area contributed by atoms with Gasteiger partial charge in [0.15, 0.2) is 0 Å². The number of methoxy groups -OCH3 is 1. The first-order valence-corrected chi connectivity index (χ1v) is 7.44. The molecule has 0 unspecified atom stereocenters. The number of rotatable bonds is 4. The Morgan fingerprint density at radius 2 is 2.11 bits per heavy atom. The highest BCUT2D eigenvalue weighted by Gasteiger charge is 2.09. The van der Waals surface area contributed by atoms with Crippen LogP contribution in [0.4, 0.5) is 5.69 Å². The normalized spacial score (nSPS) is 10.3. The van der Waals surface area contributed by atoms with E-state index in [1.165, 1.54) is 0 Å². The molecule has 3 nitrogen and oxygen atoms in total. The fourth-order valence-corrected chi connectivity index (χ4v) is 3.33. The first-order valence-electron chi connectivity index (χ1n) is 5.47. The molecule has 1 heterocycles. The van der Waals surface area contributed by atoms with Crippen LogP contribution in [0, 0.1) is 0 Å². The summed E-state index contributed by atoms with van der Waals surface area (Å²) in [5.41, 5.74) is 1.95. The number of aromatic nitrogens is 1. The van der Waals surface area contributed by atoms with Gasteiger partial charge in [-0.25, -0.2) is 4.98 Å². The summed E-state index contributed by atoms with van der Waals surface area (Å²) in [6, 6.07) is 7.61. The lowest BCUT2D eigenvalue weighted by atomic mass is 10.2. The Bertz CT molecular complexity index is 593. The maximum absolute atomic E-state index is 5.84. The number of ether oxygens (including phenoxy) is 1. The van der Waals surface area contributed by atoms with Crippen molar-refractivity contribution in [2.75, 3.05) is 12.4 Å². The maximum Gasteiger partial charge on any atom is 0.138 e. The van der Waals surface area contributed by atoms with Gasteiger partial charge in [-0.05, 0) is 40.2 Å². The molecular weight excluding hydrogens is 395 g/mol. The van der Waals surface area contributed by atoms with Gasteiger partial charge in [0.1, 0.15) is 10.9 Å². The SMILES string of the molecule is COc1c(Br)cc(Br)cc1CNc1ccnc(Cl)c1. The Balaban J connectivity index is 2.19. The third kappa shape index (κ3) is 3.84. The van der Waals surface area contributed by atoms with Crippen LogP contribution in [0.5, 0.6) is 5.75 Å². The van der Waals surface area contributed by atoms with Crippen LogP contribution in [0.25, 0.3) is 0 Å². The zero-order chi connectivity index (χ0) is 13.8. The molecule has 0 atom stereocenters. The molecule has 0 spiro atoms. The summed E-state index contributed by atoms with van der Waals surface area (Å²) >= 11 is 12.8. The maximum atomic E-state index is 5.84. The highest BCUT2D eigenvalue weighted by atomic mass is 79.9. The standard InChI is InChI=1S/C13H11Br2ClN2O/c1-19-13-8(4-9(14)5-11(13)15)7-18-10-2-3-17-12(16)6-10/h2-6H,7H2,1H3,(H,17,18). The molecule has 0 radical (unpaired) electrons. The van der Waals surface area contributed by atoms with Gasteiger partial charge >= 0.3 is 0 Å². The Hall–Kier alpha value is -0.780. The zero-order valence-electron chi connectivity index (χ0n) is 10.1. The molecular formula is C13H11Br2ClN2O. The molecule has 0 aliphatic rings. The van der Waals surface area contributed by atoms with Crippen molar-refractivity contribution >= 4 is 49.1 Å². The number of nitrogens with zero attached hydrogens (tertiary/aromatic N) is 1. The van der Waals surface area contributed by atoms with Crippen molar-refractivity contribution in [2.45, 2.75) is 6.54 Å². The molecule has 6 heteroatoms. The first-order chi connectivity index (χ1) is 9.10. The van der Waals surface area contributed by atoms with Crippen molar-refractivity contribution in [1.29, 1.82) is 0 Å². The van der Waals surface area contributed by atoms with Crippen LogP contribution in [0.3, 0.4) is 0 Å². The minimum absolute atomic E-state index is 0.465. The van der Waals surface area contributed by atoms with E-state index >= 15 is 0 Å². The smallest absolute Gasteiger partial charge is 0.138 e. The number of halogens is 3. The van der Waals surface area contributed by atoms with Gasteiger partial charge in [-0.15, -0.1) is 0 Å². The van der Waals surface area contributed by atoms with Crippen LogP contribution in [0.15, 0.2) is 39.4 Å². The lowest BCUT2D eigenvalue weighted by Crippen LogP contribution is -2.02. The van der Waals surface area contributed by atoms with E-state index in [0.717, 1.165) is 25.9 Å². The Kier molecular flexibility index (Phi) is 5.07. The van der Waals surface area contributed by atoms with Crippen molar-refractivity contribution in [3.8, 4) is 5.75 Å². The molecule has 1 aromatic heterocycles. The fraction of sp³-hybridized carbons (Fsp3) is 0.154. The van der Waals surface area contributed by atoms with Crippen LogP contribution in [0.2, 0.25) is 5.15 Å². The number of benzene rings is 1. The summed E-state index contributed by atoms with van der Waals surface area (Å²) in [6.45, 7) is 0.627.